The quantitative estimate of drug-likeness (QED) is 0.678. The number of hydrogen-bond donors (Lipinski definition) is 0. The van der Waals surface area contributed by atoms with E-state index < -0.39 is 6.43 Å². The third kappa shape index (κ3) is 5.44. The predicted molar refractivity (Wildman–Crippen MR) is 75.6 cm³/mol. The van der Waals surface area contributed by atoms with Crippen LogP contribution >= 0.6 is 15.9 Å². The molecule has 0 aromatic heterocycles. The van der Waals surface area contributed by atoms with Crippen molar-refractivity contribution in [2.75, 3.05) is 18.4 Å². The third-order valence-electron chi connectivity index (χ3n) is 2.85. The summed E-state index contributed by atoms with van der Waals surface area (Å²) in [6.45, 7) is 5.33. The Bertz CT molecular complexity index is 338. The molecule has 0 atom stereocenters. The minimum atomic E-state index is -2.28. The number of rotatable bonds is 7. The lowest BCUT2D eigenvalue weighted by molar-refractivity contribution is 0.0881. The molecule has 1 aromatic carbocycles. The Kier molecular flexibility index (Phi) is 6.79. The van der Waals surface area contributed by atoms with E-state index >= 15 is 0 Å². The van der Waals surface area contributed by atoms with Crippen molar-refractivity contribution in [3.05, 3.63) is 35.4 Å². The van der Waals surface area contributed by atoms with Gasteiger partial charge < -0.3 is 0 Å². The van der Waals surface area contributed by atoms with Crippen molar-refractivity contribution in [2.45, 2.75) is 32.7 Å². The maximum absolute atomic E-state index is 12.4. The van der Waals surface area contributed by atoms with Gasteiger partial charge in [-0.15, -0.1) is 0 Å². The summed E-state index contributed by atoms with van der Waals surface area (Å²) in [4.78, 5) is 1.77. The van der Waals surface area contributed by atoms with Gasteiger partial charge >= 0.3 is 0 Å². The SMILES string of the molecule is CC(C)c1ccc(CN(CCBr)CC(F)F)cc1. The van der Waals surface area contributed by atoms with Crippen LogP contribution in [0.15, 0.2) is 24.3 Å². The Balaban J connectivity index is 2.62. The fourth-order valence-electron chi connectivity index (χ4n) is 1.82. The van der Waals surface area contributed by atoms with Crippen molar-refractivity contribution in [1.82, 2.24) is 4.90 Å². The highest BCUT2D eigenvalue weighted by Gasteiger charge is 2.12. The second-order valence-electron chi connectivity index (χ2n) is 4.71. The Hall–Kier alpha value is -0.480. The summed E-state index contributed by atoms with van der Waals surface area (Å²) in [5.41, 5.74) is 2.36. The van der Waals surface area contributed by atoms with E-state index in [1.807, 2.05) is 12.1 Å². The van der Waals surface area contributed by atoms with Crippen LogP contribution in [0.25, 0.3) is 0 Å². The predicted octanol–water partition coefficient (Wildman–Crippen LogP) is 4.27. The normalized spacial score (nSPS) is 11.8. The van der Waals surface area contributed by atoms with E-state index in [-0.39, 0.29) is 6.54 Å². The summed E-state index contributed by atoms with van der Waals surface area (Å²) in [7, 11) is 0. The Morgan fingerprint density at radius 2 is 1.78 bits per heavy atom. The second-order valence-corrected chi connectivity index (χ2v) is 5.50. The summed E-state index contributed by atoms with van der Waals surface area (Å²) in [6.07, 6.45) is -2.28. The van der Waals surface area contributed by atoms with E-state index in [4.69, 9.17) is 0 Å². The molecule has 0 fully saturated rings. The molecule has 0 aliphatic rings. The highest BCUT2D eigenvalue weighted by atomic mass is 79.9. The van der Waals surface area contributed by atoms with Crippen LogP contribution in [0.4, 0.5) is 8.78 Å². The topological polar surface area (TPSA) is 3.24 Å². The zero-order chi connectivity index (χ0) is 13.5. The van der Waals surface area contributed by atoms with Gasteiger partial charge in [0.1, 0.15) is 0 Å². The first-order chi connectivity index (χ1) is 8.52. The molecule has 0 spiro atoms. The average Bonchev–Trinajstić information content (AvgIpc) is 2.29. The van der Waals surface area contributed by atoms with Crippen LogP contribution in [0.3, 0.4) is 0 Å². The molecule has 102 valence electrons. The molecule has 1 nitrogen and oxygen atoms in total. The van der Waals surface area contributed by atoms with E-state index in [1.54, 1.807) is 4.90 Å². The van der Waals surface area contributed by atoms with Gasteiger partial charge in [0.05, 0.1) is 6.54 Å². The Morgan fingerprint density at radius 3 is 2.22 bits per heavy atom. The summed E-state index contributed by atoms with van der Waals surface area (Å²) < 4.78 is 24.8. The highest BCUT2D eigenvalue weighted by Crippen LogP contribution is 2.16. The summed E-state index contributed by atoms with van der Waals surface area (Å²) in [5, 5.41) is 0.712. The van der Waals surface area contributed by atoms with Crippen molar-refractivity contribution in [1.29, 1.82) is 0 Å². The van der Waals surface area contributed by atoms with Crippen LogP contribution in [0.5, 0.6) is 0 Å². The Labute approximate surface area is 116 Å². The van der Waals surface area contributed by atoms with Gasteiger partial charge in [-0.25, -0.2) is 8.78 Å². The molecule has 0 N–H and O–H groups in total. The maximum Gasteiger partial charge on any atom is 0.251 e. The van der Waals surface area contributed by atoms with Gasteiger partial charge in [0.2, 0.25) is 0 Å². The van der Waals surface area contributed by atoms with Gasteiger partial charge in [-0.2, -0.15) is 0 Å². The molecular formula is C14H20BrF2N. The fourth-order valence-corrected chi connectivity index (χ4v) is 2.32. The summed E-state index contributed by atoms with van der Waals surface area (Å²) in [5.74, 6) is 0.499. The lowest BCUT2D eigenvalue weighted by Crippen LogP contribution is -2.30. The molecule has 18 heavy (non-hydrogen) atoms. The molecule has 0 saturated heterocycles. The number of hydrogen-bond acceptors (Lipinski definition) is 1. The van der Waals surface area contributed by atoms with Crippen molar-refractivity contribution in [3.8, 4) is 0 Å². The second kappa shape index (κ2) is 7.85. The first kappa shape index (κ1) is 15.6. The van der Waals surface area contributed by atoms with Crippen LogP contribution < -0.4 is 0 Å². The standard InChI is InChI=1S/C14H20BrF2N/c1-11(2)13-5-3-12(4-6-13)9-18(8-7-15)10-14(16)17/h3-6,11,14H,7-10H2,1-2H3. The molecule has 0 aliphatic heterocycles. The van der Waals surface area contributed by atoms with Gasteiger partial charge in [0, 0.05) is 18.4 Å². The molecule has 0 aliphatic carbocycles. The molecule has 4 heteroatoms. The Morgan fingerprint density at radius 1 is 1.17 bits per heavy atom. The number of alkyl halides is 3. The van der Waals surface area contributed by atoms with Gasteiger partial charge in [-0.1, -0.05) is 54.0 Å². The molecule has 0 saturated carbocycles. The third-order valence-corrected chi connectivity index (χ3v) is 3.20. The number of halogens is 3. The molecule has 1 rings (SSSR count). The molecule has 0 amide bonds. The molecule has 0 bridgehead atoms. The fraction of sp³-hybridized carbons (Fsp3) is 0.571. The highest BCUT2D eigenvalue weighted by molar-refractivity contribution is 9.09. The van der Waals surface area contributed by atoms with Gasteiger partial charge in [-0.05, 0) is 17.0 Å². The van der Waals surface area contributed by atoms with Crippen LogP contribution in [0, 0.1) is 0 Å². The smallest absolute Gasteiger partial charge is 0.251 e. The maximum atomic E-state index is 12.4. The zero-order valence-electron chi connectivity index (χ0n) is 10.9. The summed E-state index contributed by atoms with van der Waals surface area (Å²) >= 11 is 3.30. The lowest BCUT2D eigenvalue weighted by atomic mass is 10.0. The first-order valence-corrected chi connectivity index (χ1v) is 7.30. The first-order valence-electron chi connectivity index (χ1n) is 6.18. The molecule has 1 aromatic rings. The van der Waals surface area contributed by atoms with E-state index in [9.17, 15) is 8.78 Å². The summed E-state index contributed by atoms with van der Waals surface area (Å²) in [6, 6.07) is 8.22. The molecular weight excluding hydrogens is 300 g/mol. The van der Waals surface area contributed by atoms with E-state index in [0.717, 1.165) is 5.56 Å². The van der Waals surface area contributed by atoms with Crippen LogP contribution in [-0.4, -0.2) is 29.7 Å². The van der Waals surface area contributed by atoms with Crippen LogP contribution in [-0.2, 0) is 6.54 Å². The largest absolute Gasteiger partial charge is 0.293 e. The minimum absolute atomic E-state index is 0.169. The minimum Gasteiger partial charge on any atom is -0.293 e. The average molecular weight is 320 g/mol. The van der Waals surface area contributed by atoms with Crippen molar-refractivity contribution < 1.29 is 8.78 Å². The number of nitrogens with zero attached hydrogens (tertiary/aromatic N) is 1. The van der Waals surface area contributed by atoms with E-state index in [0.29, 0.717) is 24.3 Å². The van der Waals surface area contributed by atoms with Gasteiger partial charge in [0.15, 0.2) is 0 Å². The molecule has 0 heterocycles. The molecule has 0 unspecified atom stereocenters. The van der Waals surface area contributed by atoms with Crippen LogP contribution in [0.2, 0.25) is 0 Å². The zero-order valence-corrected chi connectivity index (χ0v) is 12.5. The van der Waals surface area contributed by atoms with Gasteiger partial charge in [-0.3, -0.25) is 4.90 Å². The van der Waals surface area contributed by atoms with Crippen LogP contribution in [0.1, 0.15) is 30.9 Å². The van der Waals surface area contributed by atoms with Crippen molar-refractivity contribution in [2.24, 2.45) is 0 Å². The van der Waals surface area contributed by atoms with E-state index in [2.05, 4.69) is 41.9 Å². The monoisotopic (exact) mass is 319 g/mol. The molecule has 0 radical (unpaired) electrons. The van der Waals surface area contributed by atoms with E-state index in [1.165, 1.54) is 5.56 Å². The number of benzene rings is 1. The van der Waals surface area contributed by atoms with Gasteiger partial charge in [0.25, 0.3) is 6.43 Å². The lowest BCUT2D eigenvalue weighted by Gasteiger charge is -2.21. The van der Waals surface area contributed by atoms with Crippen molar-refractivity contribution >= 4 is 15.9 Å². The van der Waals surface area contributed by atoms with Crippen molar-refractivity contribution in [3.63, 3.8) is 0 Å².